The van der Waals surface area contributed by atoms with Crippen LogP contribution in [-0.4, -0.2) is 43.6 Å². The minimum absolute atomic E-state index is 0.102. The fraction of sp³-hybridized carbons (Fsp3) is 0.467. The van der Waals surface area contributed by atoms with Gasteiger partial charge < -0.3 is 4.90 Å². The Bertz CT molecular complexity index is 617. The third-order valence-electron chi connectivity index (χ3n) is 3.76. The molecule has 1 aliphatic rings. The maximum atomic E-state index is 12.2. The van der Waals surface area contributed by atoms with Gasteiger partial charge in [-0.1, -0.05) is 0 Å². The minimum Gasteiger partial charge on any atom is -0.340 e. The second-order valence-corrected chi connectivity index (χ2v) is 5.54. The summed E-state index contributed by atoms with van der Waals surface area (Å²) in [4.78, 5) is 23.2. The number of carbonyl (C=O) groups is 1. The summed E-state index contributed by atoms with van der Waals surface area (Å²) in [7, 11) is 0. The van der Waals surface area contributed by atoms with Crippen LogP contribution in [0, 0.1) is 13.8 Å². The molecule has 21 heavy (non-hydrogen) atoms. The molecule has 110 valence electrons. The lowest BCUT2D eigenvalue weighted by Gasteiger charge is -2.16. The fourth-order valence-corrected chi connectivity index (χ4v) is 2.77. The van der Waals surface area contributed by atoms with Gasteiger partial charge in [-0.05, 0) is 32.4 Å². The van der Waals surface area contributed by atoms with Crippen molar-refractivity contribution in [3.05, 3.63) is 41.7 Å². The minimum atomic E-state index is 0.102. The zero-order chi connectivity index (χ0) is 14.8. The smallest absolute Gasteiger partial charge is 0.244 e. The van der Waals surface area contributed by atoms with Crippen molar-refractivity contribution in [3.8, 4) is 0 Å². The summed E-state index contributed by atoms with van der Waals surface area (Å²) >= 11 is 0. The quantitative estimate of drug-likeness (QED) is 0.853. The Kier molecular flexibility index (Phi) is 3.68. The number of amides is 1. The molecule has 3 rings (SSSR count). The summed E-state index contributed by atoms with van der Waals surface area (Å²) < 4.78 is 1.66. The molecule has 2 aromatic rings. The Morgan fingerprint density at radius 2 is 2.10 bits per heavy atom. The Labute approximate surface area is 123 Å². The first-order valence-corrected chi connectivity index (χ1v) is 7.19. The van der Waals surface area contributed by atoms with Crippen LogP contribution in [0.15, 0.2) is 24.5 Å². The molecule has 2 aromatic heterocycles. The summed E-state index contributed by atoms with van der Waals surface area (Å²) in [6, 6.07) is 3.79. The summed E-state index contributed by atoms with van der Waals surface area (Å²) in [5.74, 6) is 1.21. The van der Waals surface area contributed by atoms with Crippen molar-refractivity contribution in [2.75, 3.05) is 13.1 Å². The first-order chi connectivity index (χ1) is 10.1. The SMILES string of the molecule is Cc1cc(C)nc([C@@H]2CCN(C(=O)Cn3cccn3)C2)n1. The maximum absolute atomic E-state index is 12.2. The van der Waals surface area contributed by atoms with Crippen LogP contribution >= 0.6 is 0 Å². The highest BCUT2D eigenvalue weighted by Crippen LogP contribution is 2.25. The lowest BCUT2D eigenvalue weighted by atomic mass is 10.1. The van der Waals surface area contributed by atoms with Crippen LogP contribution in [0.4, 0.5) is 0 Å². The van der Waals surface area contributed by atoms with E-state index in [1.807, 2.05) is 30.9 Å². The van der Waals surface area contributed by atoms with E-state index in [0.717, 1.165) is 30.2 Å². The number of hydrogen-bond acceptors (Lipinski definition) is 4. The van der Waals surface area contributed by atoms with E-state index in [1.54, 1.807) is 17.1 Å². The number of hydrogen-bond donors (Lipinski definition) is 0. The number of rotatable bonds is 3. The van der Waals surface area contributed by atoms with Gasteiger partial charge in [0.25, 0.3) is 0 Å². The molecular weight excluding hydrogens is 266 g/mol. The first kappa shape index (κ1) is 13.7. The van der Waals surface area contributed by atoms with Crippen molar-refractivity contribution >= 4 is 5.91 Å². The molecule has 1 atom stereocenters. The van der Waals surface area contributed by atoms with Crippen LogP contribution < -0.4 is 0 Å². The lowest BCUT2D eigenvalue weighted by Crippen LogP contribution is -2.32. The fourth-order valence-electron chi connectivity index (χ4n) is 2.77. The number of nitrogens with zero attached hydrogens (tertiary/aromatic N) is 5. The van der Waals surface area contributed by atoms with Crippen LogP contribution in [0.3, 0.4) is 0 Å². The van der Waals surface area contributed by atoms with Gasteiger partial charge in [-0.25, -0.2) is 9.97 Å². The predicted molar refractivity (Wildman–Crippen MR) is 77.7 cm³/mol. The van der Waals surface area contributed by atoms with Gasteiger partial charge in [0.15, 0.2) is 0 Å². The van der Waals surface area contributed by atoms with Gasteiger partial charge in [0.05, 0.1) is 0 Å². The largest absolute Gasteiger partial charge is 0.340 e. The number of carbonyl (C=O) groups excluding carboxylic acids is 1. The van der Waals surface area contributed by atoms with Gasteiger partial charge in [-0.2, -0.15) is 5.10 Å². The molecule has 1 fully saturated rings. The zero-order valence-corrected chi connectivity index (χ0v) is 12.4. The van der Waals surface area contributed by atoms with E-state index < -0.39 is 0 Å². The van der Waals surface area contributed by atoms with E-state index in [2.05, 4.69) is 15.1 Å². The van der Waals surface area contributed by atoms with Crippen molar-refractivity contribution in [2.45, 2.75) is 32.7 Å². The summed E-state index contributed by atoms with van der Waals surface area (Å²) in [6.07, 6.45) is 4.41. The highest BCUT2D eigenvalue weighted by atomic mass is 16.2. The topological polar surface area (TPSA) is 63.9 Å². The number of likely N-dealkylation sites (tertiary alicyclic amines) is 1. The third-order valence-corrected chi connectivity index (χ3v) is 3.76. The van der Waals surface area contributed by atoms with Crippen LogP contribution in [0.1, 0.15) is 29.6 Å². The van der Waals surface area contributed by atoms with E-state index in [9.17, 15) is 4.79 Å². The highest BCUT2D eigenvalue weighted by Gasteiger charge is 2.29. The van der Waals surface area contributed by atoms with Crippen molar-refractivity contribution in [2.24, 2.45) is 0 Å². The first-order valence-electron chi connectivity index (χ1n) is 7.19. The Morgan fingerprint density at radius 1 is 1.33 bits per heavy atom. The molecule has 1 aliphatic heterocycles. The predicted octanol–water partition coefficient (Wildman–Crippen LogP) is 1.31. The van der Waals surface area contributed by atoms with Gasteiger partial charge in [-0.15, -0.1) is 0 Å². The van der Waals surface area contributed by atoms with E-state index in [1.165, 1.54) is 0 Å². The number of aromatic nitrogens is 4. The molecule has 6 nitrogen and oxygen atoms in total. The molecule has 1 amide bonds. The van der Waals surface area contributed by atoms with Gasteiger partial charge in [0.2, 0.25) is 5.91 Å². The van der Waals surface area contributed by atoms with E-state index in [0.29, 0.717) is 13.1 Å². The van der Waals surface area contributed by atoms with E-state index in [4.69, 9.17) is 0 Å². The third kappa shape index (κ3) is 3.09. The van der Waals surface area contributed by atoms with Crippen LogP contribution in [0.25, 0.3) is 0 Å². The molecule has 0 unspecified atom stereocenters. The Hall–Kier alpha value is -2.24. The van der Waals surface area contributed by atoms with E-state index >= 15 is 0 Å². The lowest BCUT2D eigenvalue weighted by molar-refractivity contribution is -0.131. The zero-order valence-electron chi connectivity index (χ0n) is 12.4. The standard InChI is InChI=1S/C15H19N5O/c1-11-8-12(2)18-15(17-11)13-4-7-19(9-13)14(21)10-20-6-3-5-16-20/h3,5-6,8,13H,4,7,9-10H2,1-2H3/t13-/m1/s1. The highest BCUT2D eigenvalue weighted by molar-refractivity contribution is 5.76. The van der Waals surface area contributed by atoms with E-state index in [-0.39, 0.29) is 11.8 Å². The number of aryl methyl sites for hydroxylation is 2. The van der Waals surface area contributed by atoms with Crippen molar-refractivity contribution in [3.63, 3.8) is 0 Å². The van der Waals surface area contributed by atoms with Gasteiger partial charge in [-0.3, -0.25) is 9.48 Å². The molecule has 0 N–H and O–H groups in total. The normalized spacial score (nSPS) is 18.2. The average molecular weight is 285 g/mol. The Balaban J connectivity index is 1.66. The molecule has 1 saturated heterocycles. The summed E-state index contributed by atoms with van der Waals surface area (Å²) in [5.41, 5.74) is 1.97. The van der Waals surface area contributed by atoms with Crippen molar-refractivity contribution in [1.82, 2.24) is 24.6 Å². The molecule has 0 radical (unpaired) electrons. The summed E-state index contributed by atoms with van der Waals surface area (Å²) in [5, 5.41) is 4.07. The second-order valence-electron chi connectivity index (χ2n) is 5.54. The van der Waals surface area contributed by atoms with Gasteiger partial charge >= 0.3 is 0 Å². The van der Waals surface area contributed by atoms with Crippen LogP contribution in [0.2, 0.25) is 0 Å². The van der Waals surface area contributed by atoms with Crippen LogP contribution in [-0.2, 0) is 11.3 Å². The average Bonchev–Trinajstić information content (AvgIpc) is 3.08. The van der Waals surface area contributed by atoms with Crippen molar-refractivity contribution in [1.29, 1.82) is 0 Å². The molecule has 3 heterocycles. The molecule has 0 aliphatic carbocycles. The second kappa shape index (κ2) is 5.63. The molecule has 6 heteroatoms. The molecule has 0 spiro atoms. The summed E-state index contributed by atoms with van der Waals surface area (Å²) in [6.45, 7) is 5.72. The van der Waals surface area contributed by atoms with Gasteiger partial charge in [0, 0.05) is 42.8 Å². The molecular formula is C15H19N5O. The van der Waals surface area contributed by atoms with Crippen molar-refractivity contribution < 1.29 is 4.79 Å². The molecule has 0 saturated carbocycles. The molecule has 0 bridgehead atoms. The monoisotopic (exact) mass is 285 g/mol. The van der Waals surface area contributed by atoms with Crippen LogP contribution in [0.5, 0.6) is 0 Å². The Morgan fingerprint density at radius 3 is 2.76 bits per heavy atom. The van der Waals surface area contributed by atoms with Gasteiger partial charge in [0.1, 0.15) is 12.4 Å². The molecule has 0 aromatic carbocycles. The maximum Gasteiger partial charge on any atom is 0.244 e.